The molecule has 0 aliphatic heterocycles. The van der Waals surface area contributed by atoms with Crippen molar-refractivity contribution in [2.24, 2.45) is 0 Å². The molecule has 0 fully saturated rings. The van der Waals surface area contributed by atoms with Crippen LogP contribution in [0.2, 0.25) is 0 Å². The number of rotatable bonds is 4. The first-order valence-electron chi connectivity index (χ1n) is 7.61. The van der Waals surface area contributed by atoms with Crippen LogP contribution in [0, 0.1) is 5.82 Å². The average molecular weight is 324 g/mol. The van der Waals surface area contributed by atoms with E-state index in [4.69, 9.17) is 4.52 Å². The summed E-state index contributed by atoms with van der Waals surface area (Å²) in [7, 11) is 1.69. The van der Waals surface area contributed by atoms with Crippen LogP contribution in [0.3, 0.4) is 0 Å². The molecule has 1 unspecified atom stereocenters. The van der Waals surface area contributed by atoms with Gasteiger partial charge in [0.1, 0.15) is 5.82 Å². The number of hydrogen-bond acceptors (Lipinski definition) is 3. The monoisotopic (exact) mass is 324 g/mol. The summed E-state index contributed by atoms with van der Waals surface area (Å²) in [5.41, 5.74) is 1.95. The largest absolute Gasteiger partial charge is 0.355 e. The second-order valence-electron chi connectivity index (χ2n) is 5.59. The highest BCUT2D eigenvalue weighted by Crippen LogP contribution is 2.24. The molecule has 0 N–H and O–H groups in total. The summed E-state index contributed by atoms with van der Waals surface area (Å²) in [6.45, 7) is 1.88. The third-order valence-corrected chi connectivity index (χ3v) is 4.04. The van der Waals surface area contributed by atoms with E-state index < -0.39 is 0 Å². The topological polar surface area (TPSA) is 46.3 Å². The fraction of sp³-hybridized carbons (Fsp3) is 0.158. The second-order valence-corrected chi connectivity index (χ2v) is 5.59. The third-order valence-electron chi connectivity index (χ3n) is 4.04. The van der Waals surface area contributed by atoms with Crippen LogP contribution < -0.4 is 0 Å². The van der Waals surface area contributed by atoms with Crippen molar-refractivity contribution in [1.29, 1.82) is 0 Å². The van der Waals surface area contributed by atoms with E-state index in [9.17, 15) is 9.18 Å². The Morgan fingerprint density at radius 3 is 2.46 bits per heavy atom. The number of hydrogen-bond donors (Lipinski definition) is 0. The van der Waals surface area contributed by atoms with Gasteiger partial charge in [-0.25, -0.2) is 4.39 Å². The number of halogens is 1. The predicted molar refractivity (Wildman–Crippen MR) is 88.8 cm³/mol. The van der Waals surface area contributed by atoms with E-state index in [0.717, 1.165) is 11.1 Å². The van der Waals surface area contributed by atoms with Crippen molar-refractivity contribution < 1.29 is 13.7 Å². The Morgan fingerprint density at radius 1 is 1.12 bits per heavy atom. The normalized spacial score (nSPS) is 12.0. The summed E-state index contributed by atoms with van der Waals surface area (Å²) in [6.07, 6.45) is 0. The van der Waals surface area contributed by atoms with Gasteiger partial charge in [0, 0.05) is 18.7 Å². The van der Waals surface area contributed by atoms with E-state index in [1.807, 2.05) is 37.3 Å². The summed E-state index contributed by atoms with van der Waals surface area (Å²) < 4.78 is 18.3. The van der Waals surface area contributed by atoms with Crippen molar-refractivity contribution in [2.45, 2.75) is 13.0 Å². The van der Waals surface area contributed by atoms with Crippen molar-refractivity contribution in [3.05, 3.63) is 77.7 Å². The molecule has 3 rings (SSSR count). The van der Waals surface area contributed by atoms with Gasteiger partial charge in [-0.3, -0.25) is 4.79 Å². The lowest BCUT2D eigenvalue weighted by Gasteiger charge is -2.24. The molecule has 0 bridgehead atoms. The molecule has 1 atom stereocenters. The molecule has 5 heteroatoms. The van der Waals surface area contributed by atoms with Gasteiger partial charge >= 0.3 is 0 Å². The molecule has 4 nitrogen and oxygen atoms in total. The molecule has 1 aromatic heterocycles. The Balaban J connectivity index is 1.78. The van der Waals surface area contributed by atoms with E-state index in [1.165, 1.54) is 12.1 Å². The lowest BCUT2D eigenvalue weighted by atomic mass is 10.1. The molecule has 3 aromatic rings. The summed E-state index contributed by atoms with van der Waals surface area (Å²) in [5, 5.41) is 3.88. The van der Waals surface area contributed by atoms with E-state index >= 15 is 0 Å². The predicted octanol–water partition coefficient (Wildman–Crippen LogP) is 4.31. The first-order valence-corrected chi connectivity index (χ1v) is 7.61. The summed E-state index contributed by atoms with van der Waals surface area (Å²) in [6, 6.07) is 17.0. The molecule has 1 amide bonds. The van der Waals surface area contributed by atoms with E-state index in [1.54, 1.807) is 30.1 Å². The number of benzene rings is 2. The Hall–Kier alpha value is -2.95. The molecule has 24 heavy (non-hydrogen) atoms. The maximum absolute atomic E-state index is 13.0. The summed E-state index contributed by atoms with van der Waals surface area (Å²) in [4.78, 5) is 14.2. The average Bonchev–Trinajstić information content (AvgIpc) is 3.11. The molecule has 122 valence electrons. The van der Waals surface area contributed by atoms with Crippen LogP contribution in [0.4, 0.5) is 4.39 Å². The maximum atomic E-state index is 13.0. The van der Waals surface area contributed by atoms with Gasteiger partial charge in [0.2, 0.25) is 0 Å². The number of amides is 1. The lowest BCUT2D eigenvalue weighted by molar-refractivity contribution is 0.0732. The van der Waals surface area contributed by atoms with Gasteiger partial charge in [0.15, 0.2) is 11.5 Å². The molecule has 0 saturated heterocycles. The highest BCUT2D eigenvalue weighted by Gasteiger charge is 2.22. The highest BCUT2D eigenvalue weighted by molar-refractivity contribution is 5.93. The van der Waals surface area contributed by atoms with Gasteiger partial charge in [0.25, 0.3) is 5.91 Å². The van der Waals surface area contributed by atoms with Gasteiger partial charge in [-0.15, -0.1) is 0 Å². The van der Waals surface area contributed by atoms with Gasteiger partial charge < -0.3 is 9.42 Å². The first kappa shape index (κ1) is 15.9. The van der Waals surface area contributed by atoms with Gasteiger partial charge in [-0.2, -0.15) is 0 Å². The number of carbonyl (C=O) groups is 1. The number of aromatic nitrogens is 1. The van der Waals surface area contributed by atoms with Crippen LogP contribution in [0.5, 0.6) is 0 Å². The maximum Gasteiger partial charge on any atom is 0.276 e. The number of nitrogens with zero attached hydrogens (tertiary/aromatic N) is 2. The minimum Gasteiger partial charge on any atom is -0.355 e. The molecule has 0 aliphatic rings. The fourth-order valence-corrected chi connectivity index (χ4v) is 2.44. The van der Waals surface area contributed by atoms with Crippen LogP contribution in [-0.2, 0) is 0 Å². The molecule has 0 aliphatic carbocycles. The molecular weight excluding hydrogens is 307 g/mol. The zero-order chi connectivity index (χ0) is 17.1. The van der Waals surface area contributed by atoms with Crippen LogP contribution in [0.25, 0.3) is 11.3 Å². The number of carbonyl (C=O) groups excluding carboxylic acids is 1. The van der Waals surface area contributed by atoms with Crippen LogP contribution in [0.1, 0.15) is 29.0 Å². The molecule has 0 radical (unpaired) electrons. The van der Waals surface area contributed by atoms with E-state index in [2.05, 4.69) is 5.16 Å². The zero-order valence-corrected chi connectivity index (χ0v) is 13.4. The minimum atomic E-state index is -0.302. The zero-order valence-electron chi connectivity index (χ0n) is 13.4. The van der Waals surface area contributed by atoms with Crippen molar-refractivity contribution in [3.63, 3.8) is 0 Å². The van der Waals surface area contributed by atoms with Crippen molar-refractivity contribution in [3.8, 4) is 11.3 Å². The molecular formula is C19H17FN2O2. The van der Waals surface area contributed by atoms with Crippen molar-refractivity contribution in [1.82, 2.24) is 10.1 Å². The van der Waals surface area contributed by atoms with E-state index in [-0.39, 0.29) is 23.5 Å². The van der Waals surface area contributed by atoms with Gasteiger partial charge in [-0.05, 0) is 24.6 Å². The minimum absolute atomic E-state index is 0.213. The summed E-state index contributed by atoms with van der Waals surface area (Å²) in [5.74, 6) is -0.0107. The summed E-state index contributed by atoms with van der Waals surface area (Å²) >= 11 is 0. The lowest BCUT2D eigenvalue weighted by Crippen LogP contribution is -2.29. The standard InChI is InChI=1S/C19H17FN2O2/c1-13(14-8-10-16(20)11-9-14)22(2)19(23)17-12-18(24-21-17)15-6-4-3-5-7-15/h3-13H,1-2H3. The second kappa shape index (κ2) is 6.66. The van der Waals surface area contributed by atoms with Crippen LogP contribution in [0.15, 0.2) is 65.2 Å². The van der Waals surface area contributed by atoms with Crippen LogP contribution >= 0.6 is 0 Å². The molecule has 1 heterocycles. The molecule has 0 spiro atoms. The quantitative estimate of drug-likeness (QED) is 0.718. The smallest absolute Gasteiger partial charge is 0.276 e. The van der Waals surface area contributed by atoms with E-state index in [0.29, 0.717) is 5.76 Å². The fourth-order valence-electron chi connectivity index (χ4n) is 2.44. The Bertz CT molecular complexity index is 828. The Morgan fingerprint density at radius 2 is 1.79 bits per heavy atom. The first-order chi connectivity index (χ1) is 11.6. The third kappa shape index (κ3) is 3.20. The Kier molecular flexibility index (Phi) is 4.42. The Labute approximate surface area is 139 Å². The van der Waals surface area contributed by atoms with Crippen molar-refractivity contribution in [2.75, 3.05) is 7.05 Å². The van der Waals surface area contributed by atoms with Crippen molar-refractivity contribution >= 4 is 5.91 Å². The molecule has 0 saturated carbocycles. The van der Waals surface area contributed by atoms with Gasteiger partial charge in [-0.1, -0.05) is 47.6 Å². The molecule has 2 aromatic carbocycles. The van der Waals surface area contributed by atoms with Crippen LogP contribution in [-0.4, -0.2) is 23.0 Å². The SMILES string of the molecule is CC(c1ccc(F)cc1)N(C)C(=O)c1cc(-c2ccccc2)on1. The highest BCUT2D eigenvalue weighted by atomic mass is 19.1. The van der Waals surface area contributed by atoms with Gasteiger partial charge in [0.05, 0.1) is 6.04 Å².